The molecule has 0 aromatic carbocycles. The highest BCUT2D eigenvalue weighted by atomic mass is 16.5. The van der Waals surface area contributed by atoms with E-state index in [-0.39, 0.29) is 30.5 Å². The summed E-state index contributed by atoms with van der Waals surface area (Å²) in [5.74, 6) is -1.18. The number of rotatable bonds is 8. The Bertz CT molecular complexity index is 721. The molecular formula is C20H26N4O4. The van der Waals surface area contributed by atoms with Crippen LogP contribution >= 0.6 is 0 Å². The molecule has 0 radical (unpaired) electrons. The summed E-state index contributed by atoms with van der Waals surface area (Å²) in [7, 11) is 7.57. The van der Waals surface area contributed by atoms with Gasteiger partial charge < -0.3 is 19.3 Å². The molecule has 8 nitrogen and oxygen atoms in total. The molecule has 150 valence electrons. The van der Waals surface area contributed by atoms with Gasteiger partial charge in [-0.3, -0.25) is 0 Å². The van der Waals surface area contributed by atoms with E-state index in [0.717, 1.165) is 11.4 Å². The van der Waals surface area contributed by atoms with Gasteiger partial charge in [-0.05, 0) is 24.3 Å². The van der Waals surface area contributed by atoms with Gasteiger partial charge >= 0.3 is 11.9 Å². The van der Waals surface area contributed by atoms with Crippen molar-refractivity contribution in [2.45, 2.75) is 6.92 Å². The number of aromatic nitrogens is 2. The molecule has 0 fully saturated rings. The van der Waals surface area contributed by atoms with E-state index in [1.807, 2.05) is 44.9 Å². The van der Waals surface area contributed by atoms with E-state index in [4.69, 9.17) is 9.47 Å². The second kappa shape index (κ2) is 9.68. The molecule has 2 rings (SSSR count). The fraction of sp³-hybridized carbons (Fsp3) is 0.400. The van der Waals surface area contributed by atoms with Crippen molar-refractivity contribution in [1.29, 1.82) is 0 Å². The molecule has 2 heterocycles. The number of nitrogens with zero attached hydrogens (tertiary/aromatic N) is 4. The van der Waals surface area contributed by atoms with E-state index in [9.17, 15) is 9.59 Å². The van der Waals surface area contributed by atoms with Gasteiger partial charge in [0.25, 0.3) is 0 Å². The molecule has 0 atom stereocenters. The number of hydrogen-bond acceptors (Lipinski definition) is 8. The van der Waals surface area contributed by atoms with E-state index < -0.39 is 11.9 Å². The lowest BCUT2D eigenvalue weighted by Crippen LogP contribution is -2.20. The van der Waals surface area contributed by atoms with Gasteiger partial charge in [0.2, 0.25) is 0 Å². The third-order valence-corrected chi connectivity index (χ3v) is 3.94. The Morgan fingerprint density at radius 1 is 0.821 bits per heavy atom. The lowest BCUT2D eigenvalue weighted by atomic mass is 10.2. The van der Waals surface area contributed by atoms with Crippen molar-refractivity contribution in [2.75, 3.05) is 51.2 Å². The molecule has 0 N–H and O–H groups in total. The fourth-order valence-corrected chi connectivity index (χ4v) is 2.17. The predicted molar refractivity (Wildman–Crippen MR) is 107 cm³/mol. The Labute approximate surface area is 165 Å². The standard InChI is InChI=1S/C20H26N4O4/c1-14(12-27-19(25)17-8-6-15(10-21-17)23(2)3)13-28-20(26)18-9-7-16(11-22-18)24(4)5/h6-11,14H,12-13H2,1-5H3. The summed E-state index contributed by atoms with van der Waals surface area (Å²) in [5.41, 5.74) is 2.26. The minimum atomic E-state index is -0.510. The summed E-state index contributed by atoms with van der Waals surface area (Å²) in [6.45, 7) is 2.07. The summed E-state index contributed by atoms with van der Waals surface area (Å²) in [6.07, 6.45) is 3.22. The third-order valence-electron chi connectivity index (χ3n) is 3.94. The average Bonchev–Trinajstić information content (AvgIpc) is 2.70. The zero-order valence-electron chi connectivity index (χ0n) is 16.9. The van der Waals surface area contributed by atoms with E-state index in [0.29, 0.717) is 0 Å². The number of esters is 2. The minimum Gasteiger partial charge on any atom is -0.461 e. The number of carbonyl (C=O) groups is 2. The molecule has 28 heavy (non-hydrogen) atoms. The Balaban J connectivity index is 1.77. The Kier molecular flexibility index (Phi) is 7.31. The summed E-state index contributed by atoms with van der Waals surface area (Å²) < 4.78 is 10.5. The lowest BCUT2D eigenvalue weighted by Gasteiger charge is -2.14. The van der Waals surface area contributed by atoms with E-state index in [1.165, 1.54) is 0 Å². The summed E-state index contributed by atoms with van der Waals surface area (Å²) >= 11 is 0. The van der Waals surface area contributed by atoms with Crippen LogP contribution in [0.2, 0.25) is 0 Å². The maximum atomic E-state index is 12.1. The molecule has 0 aliphatic carbocycles. The Hall–Kier alpha value is -3.16. The minimum absolute atomic E-state index is 0.121. The van der Waals surface area contributed by atoms with Crippen molar-refractivity contribution in [3.8, 4) is 0 Å². The Morgan fingerprint density at radius 2 is 1.21 bits per heavy atom. The first kappa shape index (κ1) is 21.1. The quantitative estimate of drug-likeness (QED) is 0.639. The highest BCUT2D eigenvalue weighted by Crippen LogP contribution is 2.12. The van der Waals surface area contributed by atoms with Crippen LogP contribution in [-0.4, -0.2) is 63.3 Å². The molecule has 0 aliphatic rings. The van der Waals surface area contributed by atoms with Gasteiger partial charge in [-0.25, -0.2) is 19.6 Å². The van der Waals surface area contributed by atoms with Crippen LogP contribution in [0.1, 0.15) is 27.9 Å². The molecule has 2 aromatic rings. The molecule has 0 amide bonds. The molecule has 0 bridgehead atoms. The zero-order valence-corrected chi connectivity index (χ0v) is 16.9. The first-order valence-electron chi connectivity index (χ1n) is 8.89. The highest BCUT2D eigenvalue weighted by molar-refractivity contribution is 5.88. The van der Waals surface area contributed by atoms with Gasteiger partial charge in [-0.2, -0.15) is 0 Å². The maximum Gasteiger partial charge on any atom is 0.356 e. The van der Waals surface area contributed by atoms with Gasteiger partial charge in [0.1, 0.15) is 11.4 Å². The van der Waals surface area contributed by atoms with Crippen LogP contribution < -0.4 is 9.80 Å². The number of anilines is 2. The molecule has 0 saturated carbocycles. The maximum absolute atomic E-state index is 12.1. The van der Waals surface area contributed by atoms with Crippen LogP contribution in [0.25, 0.3) is 0 Å². The normalized spacial score (nSPS) is 10.5. The lowest BCUT2D eigenvalue weighted by molar-refractivity contribution is 0.0276. The number of pyridine rings is 2. The molecule has 0 spiro atoms. The Morgan fingerprint density at radius 3 is 1.50 bits per heavy atom. The third kappa shape index (κ3) is 5.94. The number of hydrogen-bond donors (Lipinski definition) is 0. The fourth-order valence-electron chi connectivity index (χ4n) is 2.17. The predicted octanol–water partition coefficient (Wildman–Crippen LogP) is 2.26. The number of ether oxygens (including phenoxy) is 2. The molecule has 2 aromatic heterocycles. The van der Waals surface area contributed by atoms with Crippen LogP contribution in [-0.2, 0) is 9.47 Å². The highest BCUT2D eigenvalue weighted by Gasteiger charge is 2.15. The first-order valence-corrected chi connectivity index (χ1v) is 8.89. The smallest absolute Gasteiger partial charge is 0.356 e. The molecule has 8 heteroatoms. The van der Waals surface area contributed by atoms with Crippen LogP contribution in [0, 0.1) is 5.92 Å². The summed E-state index contributed by atoms with van der Waals surface area (Å²) in [6, 6.07) is 6.82. The van der Waals surface area contributed by atoms with Crippen molar-refractivity contribution in [3.05, 3.63) is 48.0 Å². The van der Waals surface area contributed by atoms with Crippen LogP contribution in [0.15, 0.2) is 36.7 Å². The molecular weight excluding hydrogens is 360 g/mol. The molecule has 0 saturated heterocycles. The van der Waals surface area contributed by atoms with Gasteiger partial charge in [-0.1, -0.05) is 6.92 Å². The average molecular weight is 386 g/mol. The second-order valence-electron chi connectivity index (χ2n) is 6.89. The van der Waals surface area contributed by atoms with E-state index >= 15 is 0 Å². The zero-order chi connectivity index (χ0) is 20.7. The topological polar surface area (TPSA) is 84.9 Å². The van der Waals surface area contributed by atoms with E-state index in [2.05, 4.69) is 9.97 Å². The largest absolute Gasteiger partial charge is 0.461 e. The van der Waals surface area contributed by atoms with Crippen molar-refractivity contribution >= 4 is 23.3 Å². The van der Waals surface area contributed by atoms with E-state index in [1.54, 1.807) is 36.7 Å². The monoisotopic (exact) mass is 386 g/mol. The second-order valence-corrected chi connectivity index (χ2v) is 6.89. The number of carbonyl (C=O) groups excluding carboxylic acids is 2. The van der Waals surface area contributed by atoms with Gasteiger partial charge in [0, 0.05) is 34.1 Å². The van der Waals surface area contributed by atoms with Crippen molar-refractivity contribution in [1.82, 2.24) is 9.97 Å². The molecule has 0 aliphatic heterocycles. The van der Waals surface area contributed by atoms with Crippen molar-refractivity contribution < 1.29 is 19.1 Å². The van der Waals surface area contributed by atoms with Gasteiger partial charge in [-0.15, -0.1) is 0 Å². The van der Waals surface area contributed by atoms with Crippen molar-refractivity contribution in [3.63, 3.8) is 0 Å². The molecule has 0 unspecified atom stereocenters. The SMILES string of the molecule is CC(COC(=O)c1ccc(N(C)C)cn1)COC(=O)c1ccc(N(C)C)cn1. The summed E-state index contributed by atoms with van der Waals surface area (Å²) in [4.78, 5) is 36.1. The van der Waals surface area contributed by atoms with Crippen LogP contribution in [0.5, 0.6) is 0 Å². The van der Waals surface area contributed by atoms with Crippen molar-refractivity contribution in [2.24, 2.45) is 5.92 Å². The van der Waals surface area contributed by atoms with Crippen LogP contribution in [0.3, 0.4) is 0 Å². The summed E-state index contributed by atoms with van der Waals surface area (Å²) in [5, 5.41) is 0. The van der Waals surface area contributed by atoms with Gasteiger partial charge in [0.15, 0.2) is 0 Å². The van der Waals surface area contributed by atoms with Gasteiger partial charge in [0.05, 0.1) is 37.0 Å². The first-order chi connectivity index (χ1) is 13.3. The van der Waals surface area contributed by atoms with Crippen LogP contribution in [0.4, 0.5) is 11.4 Å².